The summed E-state index contributed by atoms with van der Waals surface area (Å²) in [5, 5.41) is 8.31. The molecule has 3 aromatic carbocycles. The molecule has 0 spiro atoms. The van der Waals surface area contributed by atoms with Gasteiger partial charge in [0.05, 0.1) is 17.9 Å². The monoisotopic (exact) mass is 539 g/mol. The standard InChI is InChI=1S/C30H26FN5O2S/c31-22-11-13-23(14-12-22)36-28-26(18-33-36)29(38)35-24(19-39-30(35)34-28)17-27(37)32-16-15-25(20-7-3-1-4-8-20)21-9-5-2-6-10-21/h1-14,18,24-25H,15-17,19H2,(H,32,37). The second kappa shape index (κ2) is 10.9. The molecule has 9 heteroatoms. The molecule has 39 heavy (non-hydrogen) atoms. The summed E-state index contributed by atoms with van der Waals surface area (Å²) in [5.41, 5.74) is 3.23. The Morgan fingerprint density at radius 3 is 2.33 bits per heavy atom. The Bertz CT molecular complexity index is 1630. The lowest BCUT2D eigenvalue weighted by Gasteiger charge is -2.19. The van der Waals surface area contributed by atoms with Crippen molar-refractivity contribution < 1.29 is 9.18 Å². The number of amides is 1. The quantitative estimate of drug-likeness (QED) is 0.278. The van der Waals surface area contributed by atoms with Crippen LogP contribution in [0.1, 0.15) is 35.9 Å². The van der Waals surface area contributed by atoms with E-state index >= 15 is 0 Å². The van der Waals surface area contributed by atoms with Crippen LogP contribution < -0.4 is 10.9 Å². The number of aromatic nitrogens is 4. The zero-order valence-corrected chi connectivity index (χ0v) is 21.9. The molecule has 3 heterocycles. The van der Waals surface area contributed by atoms with Gasteiger partial charge in [0.1, 0.15) is 11.2 Å². The summed E-state index contributed by atoms with van der Waals surface area (Å²) in [6, 6.07) is 26.2. The lowest BCUT2D eigenvalue weighted by Crippen LogP contribution is -2.31. The number of benzene rings is 3. The van der Waals surface area contributed by atoms with Crippen molar-refractivity contribution in [3.8, 4) is 5.69 Å². The van der Waals surface area contributed by atoms with Gasteiger partial charge in [-0.1, -0.05) is 72.4 Å². The first kappa shape index (κ1) is 25.1. The highest BCUT2D eigenvalue weighted by Gasteiger charge is 2.29. The molecule has 7 nitrogen and oxygen atoms in total. The van der Waals surface area contributed by atoms with Gasteiger partial charge in [0.25, 0.3) is 5.56 Å². The topological polar surface area (TPSA) is 81.8 Å². The van der Waals surface area contributed by atoms with E-state index in [1.165, 1.54) is 45.9 Å². The largest absolute Gasteiger partial charge is 0.356 e. The number of halogens is 1. The molecular formula is C30H26FN5O2S. The van der Waals surface area contributed by atoms with Crippen molar-refractivity contribution in [1.29, 1.82) is 0 Å². The number of nitrogens with one attached hydrogen (secondary N) is 1. The van der Waals surface area contributed by atoms with Crippen LogP contribution >= 0.6 is 11.8 Å². The van der Waals surface area contributed by atoms with Gasteiger partial charge in [-0.05, 0) is 41.8 Å². The van der Waals surface area contributed by atoms with E-state index in [9.17, 15) is 14.0 Å². The molecule has 0 fully saturated rings. The highest BCUT2D eigenvalue weighted by molar-refractivity contribution is 7.99. The van der Waals surface area contributed by atoms with Crippen molar-refractivity contribution in [1.82, 2.24) is 24.6 Å². The normalized spacial score (nSPS) is 14.6. The predicted molar refractivity (Wildman–Crippen MR) is 150 cm³/mol. The Kier molecular flexibility index (Phi) is 6.98. The summed E-state index contributed by atoms with van der Waals surface area (Å²) in [4.78, 5) is 31.0. The van der Waals surface area contributed by atoms with E-state index in [2.05, 4.69) is 39.7 Å². The lowest BCUT2D eigenvalue weighted by molar-refractivity contribution is -0.121. The van der Waals surface area contributed by atoms with Gasteiger partial charge in [-0.25, -0.2) is 14.1 Å². The van der Waals surface area contributed by atoms with E-state index in [4.69, 9.17) is 0 Å². The molecule has 0 radical (unpaired) electrons. The SMILES string of the molecule is O=C(CC1CSc2nc3c(cnn3-c3ccc(F)cc3)c(=O)n21)NCCC(c1ccccc1)c1ccccc1. The third-order valence-corrected chi connectivity index (χ3v) is 8.12. The first-order chi connectivity index (χ1) is 19.1. The lowest BCUT2D eigenvalue weighted by atomic mass is 9.88. The van der Waals surface area contributed by atoms with Crippen LogP contribution in [0.2, 0.25) is 0 Å². The molecular weight excluding hydrogens is 513 g/mol. The maximum absolute atomic E-state index is 13.4. The van der Waals surface area contributed by atoms with Gasteiger partial charge in [-0.2, -0.15) is 5.10 Å². The second-order valence-electron chi connectivity index (χ2n) is 9.52. The molecule has 0 saturated carbocycles. The highest BCUT2D eigenvalue weighted by Crippen LogP contribution is 2.33. The average molecular weight is 540 g/mol. The van der Waals surface area contributed by atoms with E-state index in [0.29, 0.717) is 34.2 Å². The predicted octanol–water partition coefficient (Wildman–Crippen LogP) is 5.10. The molecule has 6 rings (SSSR count). The molecule has 1 amide bonds. The Morgan fingerprint density at radius 2 is 1.67 bits per heavy atom. The molecule has 0 bridgehead atoms. The summed E-state index contributed by atoms with van der Waals surface area (Å²) in [6.45, 7) is 0.524. The maximum atomic E-state index is 13.4. The van der Waals surface area contributed by atoms with E-state index in [-0.39, 0.29) is 35.7 Å². The van der Waals surface area contributed by atoms with Crippen molar-refractivity contribution in [2.75, 3.05) is 12.3 Å². The summed E-state index contributed by atoms with van der Waals surface area (Å²) < 4.78 is 16.5. The number of rotatable bonds is 8. The van der Waals surface area contributed by atoms with E-state index < -0.39 is 0 Å². The molecule has 5 aromatic rings. The minimum absolute atomic E-state index is 0.0951. The fourth-order valence-electron chi connectivity index (χ4n) is 5.09. The molecule has 196 valence electrons. The Hall–Kier alpha value is -4.24. The smallest absolute Gasteiger partial charge is 0.265 e. The molecule has 1 unspecified atom stereocenters. The molecule has 2 aromatic heterocycles. The van der Waals surface area contributed by atoms with Crippen LogP contribution in [-0.2, 0) is 4.79 Å². The summed E-state index contributed by atoms with van der Waals surface area (Å²) in [6.07, 6.45) is 2.44. The van der Waals surface area contributed by atoms with Gasteiger partial charge in [0, 0.05) is 24.6 Å². The number of hydrogen-bond donors (Lipinski definition) is 1. The summed E-state index contributed by atoms with van der Waals surface area (Å²) in [7, 11) is 0. The van der Waals surface area contributed by atoms with Gasteiger partial charge >= 0.3 is 0 Å². The van der Waals surface area contributed by atoms with Crippen LogP contribution in [0, 0.1) is 5.82 Å². The number of nitrogens with zero attached hydrogens (tertiary/aromatic N) is 4. The molecule has 0 saturated heterocycles. The van der Waals surface area contributed by atoms with Crippen LogP contribution in [0.5, 0.6) is 0 Å². The van der Waals surface area contributed by atoms with Gasteiger partial charge in [0.15, 0.2) is 10.8 Å². The zero-order chi connectivity index (χ0) is 26.8. The van der Waals surface area contributed by atoms with Gasteiger partial charge in [0.2, 0.25) is 5.91 Å². The third-order valence-electron chi connectivity index (χ3n) is 7.02. The zero-order valence-electron chi connectivity index (χ0n) is 21.0. The number of thioether (sulfide) groups is 1. The van der Waals surface area contributed by atoms with Crippen molar-refractivity contribution >= 4 is 28.7 Å². The van der Waals surface area contributed by atoms with Gasteiger partial charge < -0.3 is 5.32 Å². The van der Waals surface area contributed by atoms with Gasteiger partial charge in [-0.15, -0.1) is 0 Å². The molecule has 0 aliphatic carbocycles. The van der Waals surface area contributed by atoms with Crippen LogP contribution in [0.25, 0.3) is 16.7 Å². The number of hydrogen-bond acceptors (Lipinski definition) is 5. The maximum Gasteiger partial charge on any atom is 0.265 e. The fraction of sp³-hybridized carbons (Fsp3) is 0.200. The Labute approximate surface area is 228 Å². The first-order valence-electron chi connectivity index (χ1n) is 12.8. The van der Waals surface area contributed by atoms with Crippen LogP contribution in [-0.4, -0.2) is 37.5 Å². The molecule has 1 aliphatic rings. The molecule has 1 N–H and O–H groups in total. The summed E-state index contributed by atoms with van der Waals surface area (Å²) >= 11 is 1.45. The first-order valence-corrected chi connectivity index (χ1v) is 13.8. The van der Waals surface area contributed by atoms with Crippen molar-refractivity contribution in [2.45, 2.75) is 30.0 Å². The summed E-state index contributed by atoms with van der Waals surface area (Å²) in [5.74, 6) is 0.315. The second-order valence-corrected chi connectivity index (χ2v) is 10.5. The van der Waals surface area contributed by atoms with Crippen LogP contribution in [0.15, 0.2) is 101 Å². The highest BCUT2D eigenvalue weighted by atomic mass is 32.2. The van der Waals surface area contributed by atoms with Crippen molar-refractivity contribution in [3.05, 3.63) is 118 Å². The van der Waals surface area contributed by atoms with E-state index in [0.717, 1.165) is 6.42 Å². The molecule has 1 atom stereocenters. The fourth-order valence-corrected chi connectivity index (χ4v) is 6.22. The Morgan fingerprint density at radius 1 is 1.00 bits per heavy atom. The van der Waals surface area contributed by atoms with Crippen LogP contribution in [0.4, 0.5) is 4.39 Å². The molecule has 1 aliphatic heterocycles. The number of carbonyl (C=O) groups is 1. The van der Waals surface area contributed by atoms with Crippen LogP contribution in [0.3, 0.4) is 0 Å². The van der Waals surface area contributed by atoms with Crippen molar-refractivity contribution in [3.63, 3.8) is 0 Å². The number of fused-ring (bicyclic) bond motifs is 2. The minimum Gasteiger partial charge on any atom is -0.356 e. The number of carbonyl (C=O) groups excluding carboxylic acids is 1. The van der Waals surface area contributed by atoms with Gasteiger partial charge in [-0.3, -0.25) is 14.2 Å². The Balaban J connectivity index is 1.15. The van der Waals surface area contributed by atoms with Crippen molar-refractivity contribution in [2.24, 2.45) is 0 Å². The van der Waals surface area contributed by atoms with E-state index in [1.54, 1.807) is 16.7 Å². The average Bonchev–Trinajstić information content (AvgIpc) is 3.57. The third kappa shape index (κ3) is 5.09. The minimum atomic E-state index is -0.351. The van der Waals surface area contributed by atoms with E-state index in [1.807, 2.05) is 36.4 Å².